The fourth-order valence-corrected chi connectivity index (χ4v) is 3.36. The summed E-state index contributed by atoms with van der Waals surface area (Å²) < 4.78 is 34.5. The number of H-pyrrole nitrogens is 1. The Bertz CT molecular complexity index is 1630. The topological polar surface area (TPSA) is 141 Å². The monoisotopic (exact) mass is 475 g/mol. The predicted molar refractivity (Wildman–Crippen MR) is 123 cm³/mol. The van der Waals surface area contributed by atoms with Crippen LogP contribution in [-0.2, 0) is 0 Å². The van der Waals surface area contributed by atoms with Gasteiger partial charge in [-0.15, -0.1) is 0 Å². The van der Waals surface area contributed by atoms with E-state index in [1.807, 2.05) is 0 Å². The van der Waals surface area contributed by atoms with Crippen molar-refractivity contribution in [2.24, 2.45) is 0 Å². The van der Waals surface area contributed by atoms with Crippen molar-refractivity contribution in [3.8, 4) is 17.2 Å². The molecule has 3 aromatic heterocycles. The number of fused-ring (bicyclic) bond motifs is 1. The van der Waals surface area contributed by atoms with Crippen LogP contribution < -0.4 is 21.3 Å². The second-order valence-electron chi connectivity index (χ2n) is 7.28. The summed E-state index contributed by atoms with van der Waals surface area (Å²) in [6, 6.07) is 11.6. The molecule has 0 aliphatic carbocycles. The molecule has 2 aromatic carbocycles. The molecule has 35 heavy (non-hydrogen) atoms. The van der Waals surface area contributed by atoms with Crippen LogP contribution in [0.1, 0.15) is 10.4 Å². The van der Waals surface area contributed by atoms with Gasteiger partial charge in [-0.3, -0.25) is 14.7 Å². The van der Waals surface area contributed by atoms with Crippen LogP contribution in [0.25, 0.3) is 16.7 Å². The number of hydrogen-bond donors (Lipinski definition) is 3. The van der Waals surface area contributed by atoms with E-state index in [-0.39, 0.29) is 34.3 Å². The van der Waals surface area contributed by atoms with Crippen molar-refractivity contribution in [3.05, 3.63) is 94.5 Å². The number of carbonyl (C=O) groups excluding carboxylic acids is 1. The number of ether oxygens (including phenoxy) is 1. The Labute approximate surface area is 195 Å². The number of rotatable bonds is 5. The maximum absolute atomic E-state index is 14.8. The molecule has 0 saturated carbocycles. The molecule has 0 radical (unpaired) electrons. The average Bonchev–Trinajstić information content (AvgIpc) is 3.23. The van der Waals surface area contributed by atoms with Gasteiger partial charge in [0.15, 0.2) is 17.2 Å². The molecule has 0 unspecified atom stereocenters. The summed E-state index contributed by atoms with van der Waals surface area (Å²) in [5.41, 5.74) is 5.56. The number of carbonyl (C=O) groups is 1. The Hall–Kier alpha value is -5.13. The number of amides is 1. The van der Waals surface area contributed by atoms with Gasteiger partial charge in [-0.1, -0.05) is 0 Å². The first-order valence-corrected chi connectivity index (χ1v) is 10.1. The molecule has 10 nitrogen and oxygen atoms in total. The van der Waals surface area contributed by atoms with Crippen molar-refractivity contribution in [1.29, 1.82) is 0 Å². The van der Waals surface area contributed by atoms with Crippen LogP contribution in [0.15, 0.2) is 71.8 Å². The number of benzene rings is 2. The highest BCUT2D eigenvalue weighted by Crippen LogP contribution is 2.33. The molecule has 3 heterocycles. The molecule has 0 fully saturated rings. The number of nitrogens with one attached hydrogen (secondary N) is 2. The Balaban J connectivity index is 1.38. The summed E-state index contributed by atoms with van der Waals surface area (Å²) in [5.74, 6) is -1.69. The largest absolute Gasteiger partial charge is 0.453 e. The first kappa shape index (κ1) is 21.7. The fraction of sp³-hybridized carbons (Fsp3) is 0. The van der Waals surface area contributed by atoms with Gasteiger partial charge in [0.25, 0.3) is 11.5 Å². The lowest BCUT2D eigenvalue weighted by Gasteiger charge is -2.11. The third kappa shape index (κ3) is 4.15. The van der Waals surface area contributed by atoms with Gasteiger partial charge in [0.05, 0.1) is 5.69 Å². The molecular weight excluding hydrogens is 460 g/mol. The van der Waals surface area contributed by atoms with Crippen LogP contribution in [0.5, 0.6) is 11.5 Å². The van der Waals surface area contributed by atoms with Gasteiger partial charge in [-0.05, 0) is 42.5 Å². The van der Waals surface area contributed by atoms with E-state index in [4.69, 9.17) is 10.5 Å². The standard InChI is InChI=1S/C23H15F2N7O3/c24-12-1-4-14(5-2-12)32-23(34)15(7-10-28-32)22(33)29-13-3-6-17(16(25)11-13)35-18-8-9-27-21-19(18)20(26)30-31-21/h1-11H,(H,29,33)(H3,26,27,30,31). The van der Waals surface area contributed by atoms with Gasteiger partial charge in [-0.25, -0.2) is 13.8 Å². The minimum atomic E-state index is -0.775. The van der Waals surface area contributed by atoms with Crippen LogP contribution in [0, 0.1) is 11.6 Å². The minimum Gasteiger partial charge on any atom is -0.453 e. The number of nitrogens with two attached hydrogens (primary N) is 1. The number of nitrogens with zero attached hydrogens (tertiary/aromatic N) is 4. The highest BCUT2D eigenvalue weighted by Gasteiger charge is 2.17. The normalized spacial score (nSPS) is 10.9. The van der Waals surface area contributed by atoms with E-state index >= 15 is 0 Å². The summed E-state index contributed by atoms with van der Waals surface area (Å²) in [6.45, 7) is 0. The first-order valence-electron chi connectivity index (χ1n) is 10.1. The van der Waals surface area contributed by atoms with E-state index in [1.165, 1.54) is 60.9 Å². The Morgan fingerprint density at radius 2 is 1.83 bits per heavy atom. The van der Waals surface area contributed by atoms with E-state index in [2.05, 4.69) is 25.6 Å². The SMILES string of the molecule is Nc1[nH]nc2nccc(Oc3ccc(NC(=O)c4ccnn(-c5ccc(F)cc5)c4=O)cc3F)c12. The second-order valence-corrected chi connectivity index (χ2v) is 7.28. The molecule has 5 aromatic rings. The minimum absolute atomic E-state index is 0.0899. The summed E-state index contributed by atoms with van der Waals surface area (Å²) >= 11 is 0. The Morgan fingerprint density at radius 3 is 2.60 bits per heavy atom. The molecular formula is C23H15F2N7O3. The van der Waals surface area contributed by atoms with E-state index in [0.717, 1.165) is 10.7 Å². The first-order chi connectivity index (χ1) is 16.9. The Kier molecular flexibility index (Phi) is 5.37. The molecule has 174 valence electrons. The molecule has 0 spiro atoms. The second kappa shape index (κ2) is 8.67. The third-order valence-corrected chi connectivity index (χ3v) is 5.02. The summed E-state index contributed by atoms with van der Waals surface area (Å²) in [7, 11) is 0. The average molecular weight is 475 g/mol. The number of hydrogen-bond acceptors (Lipinski definition) is 7. The molecule has 5 rings (SSSR count). The van der Waals surface area contributed by atoms with Gasteiger partial charge in [0.2, 0.25) is 0 Å². The van der Waals surface area contributed by atoms with Crippen LogP contribution in [-0.4, -0.2) is 30.9 Å². The van der Waals surface area contributed by atoms with Gasteiger partial charge in [0.1, 0.15) is 28.3 Å². The van der Waals surface area contributed by atoms with Crippen molar-refractivity contribution in [2.75, 3.05) is 11.1 Å². The van der Waals surface area contributed by atoms with Gasteiger partial charge in [0, 0.05) is 30.2 Å². The molecule has 4 N–H and O–H groups in total. The molecule has 0 aliphatic rings. The zero-order valence-corrected chi connectivity index (χ0v) is 17.7. The molecule has 12 heteroatoms. The van der Waals surface area contributed by atoms with Crippen molar-refractivity contribution in [3.63, 3.8) is 0 Å². The van der Waals surface area contributed by atoms with Gasteiger partial charge >= 0.3 is 0 Å². The zero-order valence-electron chi connectivity index (χ0n) is 17.7. The van der Waals surface area contributed by atoms with Gasteiger partial charge < -0.3 is 15.8 Å². The molecule has 0 aliphatic heterocycles. The lowest BCUT2D eigenvalue weighted by Crippen LogP contribution is -2.29. The summed E-state index contributed by atoms with van der Waals surface area (Å²) in [4.78, 5) is 29.5. The lowest BCUT2D eigenvalue weighted by molar-refractivity contribution is 0.102. The highest BCUT2D eigenvalue weighted by atomic mass is 19.1. The maximum Gasteiger partial charge on any atom is 0.284 e. The smallest absolute Gasteiger partial charge is 0.284 e. The number of nitrogen functional groups attached to an aromatic ring is 1. The van der Waals surface area contributed by atoms with Crippen LogP contribution in [0.4, 0.5) is 20.3 Å². The van der Waals surface area contributed by atoms with E-state index < -0.39 is 23.1 Å². The molecule has 1 amide bonds. The molecule has 0 bridgehead atoms. The summed E-state index contributed by atoms with van der Waals surface area (Å²) in [6.07, 6.45) is 2.70. The van der Waals surface area contributed by atoms with Crippen LogP contribution >= 0.6 is 0 Å². The van der Waals surface area contributed by atoms with Crippen molar-refractivity contribution >= 4 is 28.4 Å². The number of aromatic nitrogens is 5. The van der Waals surface area contributed by atoms with E-state index in [1.54, 1.807) is 0 Å². The molecule has 0 atom stereocenters. The van der Waals surface area contributed by atoms with Crippen LogP contribution in [0.3, 0.4) is 0 Å². The van der Waals surface area contributed by atoms with Crippen molar-refractivity contribution in [2.45, 2.75) is 0 Å². The van der Waals surface area contributed by atoms with Crippen molar-refractivity contribution in [1.82, 2.24) is 25.0 Å². The fourth-order valence-electron chi connectivity index (χ4n) is 3.36. The maximum atomic E-state index is 14.8. The lowest BCUT2D eigenvalue weighted by atomic mass is 10.2. The third-order valence-electron chi connectivity index (χ3n) is 5.02. The number of anilines is 2. The quantitative estimate of drug-likeness (QED) is 0.354. The van der Waals surface area contributed by atoms with E-state index in [9.17, 15) is 18.4 Å². The number of pyridine rings is 1. The van der Waals surface area contributed by atoms with Crippen LogP contribution in [0.2, 0.25) is 0 Å². The molecule has 0 saturated heterocycles. The zero-order chi connectivity index (χ0) is 24.5. The highest BCUT2D eigenvalue weighted by molar-refractivity contribution is 6.04. The summed E-state index contributed by atoms with van der Waals surface area (Å²) in [5, 5.41) is 13.3. The number of halogens is 2. The van der Waals surface area contributed by atoms with E-state index in [0.29, 0.717) is 11.0 Å². The predicted octanol–water partition coefficient (Wildman–Crippen LogP) is 3.41. The number of aromatic amines is 1. The van der Waals surface area contributed by atoms with Crippen molar-refractivity contribution < 1.29 is 18.3 Å². The van der Waals surface area contributed by atoms with Gasteiger partial charge in [-0.2, -0.15) is 14.9 Å². The Morgan fingerprint density at radius 1 is 1.03 bits per heavy atom.